The van der Waals surface area contributed by atoms with Crippen LogP contribution in [-0.4, -0.2) is 23.9 Å². The highest BCUT2D eigenvalue weighted by Gasteiger charge is 2.25. The van der Waals surface area contributed by atoms with Crippen LogP contribution in [-0.2, 0) is 9.53 Å². The molecule has 0 spiro atoms. The SMILES string of the molecule is CCOC(=O)C(O)c1ccc(SC)c(F)c1F. The molecule has 0 aromatic heterocycles. The molecule has 0 aliphatic rings. The van der Waals surface area contributed by atoms with Crippen molar-refractivity contribution in [1.29, 1.82) is 0 Å². The van der Waals surface area contributed by atoms with E-state index in [0.29, 0.717) is 0 Å². The molecule has 1 unspecified atom stereocenters. The van der Waals surface area contributed by atoms with E-state index in [9.17, 15) is 18.7 Å². The Bertz CT molecular complexity index is 423. The van der Waals surface area contributed by atoms with Gasteiger partial charge in [-0.15, -0.1) is 11.8 Å². The zero-order valence-electron chi connectivity index (χ0n) is 9.37. The molecule has 0 radical (unpaired) electrons. The molecule has 94 valence electrons. The van der Waals surface area contributed by atoms with Crippen LogP contribution in [0.1, 0.15) is 18.6 Å². The standard InChI is InChI=1S/C11H12F2O3S/c1-3-16-11(15)10(14)6-4-5-7(17-2)9(13)8(6)12/h4-5,10,14H,3H2,1-2H3. The van der Waals surface area contributed by atoms with Crippen LogP contribution in [0.15, 0.2) is 17.0 Å². The van der Waals surface area contributed by atoms with E-state index in [4.69, 9.17) is 0 Å². The Morgan fingerprint density at radius 2 is 2.12 bits per heavy atom. The van der Waals surface area contributed by atoms with Crippen LogP contribution >= 0.6 is 11.8 Å². The van der Waals surface area contributed by atoms with Gasteiger partial charge < -0.3 is 9.84 Å². The van der Waals surface area contributed by atoms with Crippen molar-refractivity contribution in [1.82, 2.24) is 0 Å². The number of esters is 1. The van der Waals surface area contributed by atoms with Gasteiger partial charge in [-0.3, -0.25) is 0 Å². The van der Waals surface area contributed by atoms with Gasteiger partial charge >= 0.3 is 5.97 Å². The Balaban J connectivity index is 3.07. The van der Waals surface area contributed by atoms with Crippen molar-refractivity contribution in [2.24, 2.45) is 0 Å². The van der Waals surface area contributed by atoms with Crippen molar-refractivity contribution in [3.8, 4) is 0 Å². The monoisotopic (exact) mass is 262 g/mol. The second-order valence-electron chi connectivity index (χ2n) is 3.14. The van der Waals surface area contributed by atoms with Gasteiger partial charge in [0.05, 0.1) is 6.61 Å². The van der Waals surface area contributed by atoms with Gasteiger partial charge in [0.1, 0.15) is 0 Å². The topological polar surface area (TPSA) is 46.5 Å². The van der Waals surface area contributed by atoms with E-state index < -0.39 is 29.3 Å². The quantitative estimate of drug-likeness (QED) is 0.668. The van der Waals surface area contributed by atoms with Gasteiger partial charge in [0, 0.05) is 10.5 Å². The first-order valence-corrected chi connectivity index (χ1v) is 6.12. The van der Waals surface area contributed by atoms with Crippen molar-refractivity contribution in [2.75, 3.05) is 12.9 Å². The van der Waals surface area contributed by atoms with Gasteiger partial charge in [-0.2, -0.15) is 0 Å². The minimum Gasteiger partial charge on any atom is -0.464 e. The van der Waals surface area contributed by atoms with E-state index in [2.05, 4.69) is 4.74 Å². The molecule has 0 aliphatic carbocycles. The van der Waals surface area contributed by atoms with Crippen molar-refractivity contribution in [3.63, 3.8) is 0 Å². The lowest BCUT2D eigenvalue weighted by atomic mass is 10.1. The fourth-order valence-electron chi connectivity index (χ4n) is 1.26. The number of halogens is 2. The van der Waals surface area contributed by atoms with Crippen LogP contribution in [0.4, 0.5) is 8.78 Å². The molecule has 1 rings (SSSR count). The third-order valence-corrected chi connectivity index (χ3v) is 2.86. The molecule has 1 aromatic rings. The van der Waals surface area contributed by atoms with Crippen molar-refractivity contribution >= 4 is 17.7 Å². The zero-order chi connectivity index (χ0) is 13.0. The molecule has 0 fully saturated rings. The van der Waals surface area contributed by atoms with E-state index in [1.807, 2.05) is 0 Å². The van der Waals surface area contributed by atoms with Gasteiger partial charge in [0.25, 0.3) is 0 Å². The second-order valence-corrected chi connectivity index (χ2v) is 3.99. The van der Waals surface area contributed by atoms with Gasteiger partial charge in [0.15, 0.2) is 17.7 Å². The van der Waals surface area contributed by atoms with Crippen molar-refractivity contribution in [3.05, 3.63) is 29.3 Å². The third-order valence-electron chi connectivity index (χ3n) is 2.10. The average molecular weight is 262 g/mol. The number of thioether (sulfide) groups is 1. The number of aliphatic hydroxyl groups excluding tert-OH is 1. The van der Waals surface area contributed by atoms with Crippen LogP contribution in [0.5, 0.6) is 0 Å². The lowest BCUT2D eigenvalue weighted by Crippen LogP contribution is -2.17. The molecule has 17 heavy (non-hydrogen) atoms. The first-order valence-electron chi connectivity index (χ1n) is 4.89. The van der Waals surface area contributed by atoms with E-state index in [0.717, 1.165) is 11.8 Å². The highest BCUT2D eigenvalue weighted by atomic mass is 32.2. The number of carbonyl (C=O) groups excluding carboxylic acids is 1. The van der Waals surface area contributed by atoms with E-state index in [-0.39, 0.29) is 11.5 Å². The molecule has 0 saturated carbocycles. The second kappa shape index (κ2) is 5.97. The fraction of sp³-hybridized carbons (Fsp3) is 0.364. The minimum absolute atomic E-state index is 0.0584. The van der Waals surface area contributed by atoms with Crippen LogP contribution in [0, 0.1) is 11.6 Å². The highest BCUT2D eigenvalue weighted by molar-refractivity contribution is 7.98. The van der Waals surface area contributed by atoms with E-state index in [1.54, 1.807) is 13.2 Å². The molecule has 0 amide bonds. The summed E-state index contributed by atoms with van der Waals surface area (Å²) in [6.45, 7) is 1.61. The molecule has 0 saturated heterocycles. The summed E-state index contributed by atoms with van der Waals surface area (Å²) in [5, 5.41) is 9.50. The van der Waals surface area contributed by atoms with Crippen LogP contribution in [0.25, 0.3) is 0 Å². The van der Waals surface area contributed by atoms with Crippen molar-refractivity contribution < 1.29 is 23.4 Å². The maximum absolute atomic E-state index is 13.5. The lowest BCUT2D eigenvalue weighted by molar-refractivity contribution is -0.153. The number of hydrogen-bond donors (Lipinski definition) is 1. The Hall–Kier alpha value is -1.14. The minimum atomic E-state index is -1.81. The van der Waals surface area contributed by atoms with Crippen molar-refractivity contribution in [2.45, 2.75) is 17.9 Å². The Labute approximate surface area is 102 Å². The summed E-state index contributed by atoms with van der Waals surface area (Å²) in [5.74, 6) is -3.29. The zero-order valence-corrected chi connectivity index (χ0v) is 10.2. The number of carbonyl (C=O) groups is 1. The summed E-state index contributed by atoms with van der Waals surface area (Å²) in [5.41, 5.74) is -0.418. The normalized spacial score (nSPS) is 12.3. The maximum Gasteiger partial charge on any atom is 0.339 e. The summed E-state index contributed by atoms with van der Waals surface area (Å²) >= 11 is 1.04. The summed E-state index contributed by atoms with van der Waals surface area (Å²) in [6.07, 6.45) is -0.209. The molecule has 0 aliphatic heterocycles. The largest absolute Gasteiger partial charge is 0.464 e. The van der Waals surface area contributed by atoms with E-state index >= 15 is 0 Å². The first-order chi connectivity index (χ1) is 8.02. The highest BCUT2D eigenvalue weighted by Crippen LogP contribution is 2.27. The van der Waals surface area contributed by atoms with Crippen LogP contribution < -0.4 is 0 Å². The molecule has 0 bridgehead atoms. The summed E-state index contributed by atoms with van der Waals surface area (Å²) in [7, 11) is 0. The number of aliphatic hydroxyl groups is 1. The first kappa shape index (κ1) is 13.9. The average Bonchev–Trinajstić information content (AvgIpc) is 2.32. The van der Waals surface area contributed by atoms with Crippen LogP contribution in [0.2, 0.25) is 0 Å². The maximum atomic E-state index is 13.5. The lowest BCUT2D eigenvalue weighted by Gasteiger charge is -2.12. The fourth-order valence-corrected chi connectivity index (χ4v) is 1.74. The van der Waals surface area contributed by atoms with E-state index in [1.165, 1.54) is 12.1 Å². The molecule has 0 heterocycles. The smallest absolute Gasteiger partial charge is 0.339 e. The summed E-state index contributed by atoms with van der Waals surface area (Å²) in [6, 6.07) is 2.48. The predicted octanol–water partition coefficient (Wildman–Crippen LogP) is 2.28. The number of benzene rings is 1. The summed E-state index contributed by atoms with van der Waals surface area (Å²) in [4.78, 5) is 11.3. The molecule has 1 atom stereocenters. The predicted molar refractivity (Wildman–Crippen MR) is 59.7 cm³/mol. The number of rotatable bonds is 4. The number of ether oxygens (including phenoxy) is 1. The molecule has 1 aromatic carbocycles. The van der Waals surface area contributed by atoms with Gasteiger partial charge in [-0.05, 0) is 19.2 Å². The van der Waals surface area contributed by atoms with Gasteiger partial charge in [-0.1, -0.05) is 6.07 Å². The Kier molecular flexibility index (Phi) is 4.89. The summed E-state index contributed by atoms with van der Waals surface area (Å²) < 4.78 is 31.5. The molecular weight excluding hydrogens is 250 g/mol. The molecule has 3 nitrogen and oxygen atoms in total. The molecular formula is C11H12F2O3S. The van der Waals surface area contributed by atoms with Gasteiger partial charge in [0.2, 0.25) is 0 Å². The Morgan fingerprint density at radius 3 is 2.65 bits per heavy atom. The van der Waals surface area contributed by atoms with Gasteiger partial charge in [-0.25, -0.2) is 13.6 Å². The number of hydrogen-bond acceptors (Lipinski definition) is 4. The third kappa shape index (κ3) is 2.95. The molecule has 6 heteroatoms. The van der Waals surface area contributed by atoms with Crippen LogP contribution in [0.3, 0.4) is 0 Å². The Morgan fingerprint density at radius 1 is 1.47 bits per heavy atom. The molecule has 1 N–H and O–H groups in total.